The number of halogens is 1. The van der Waals surface area contributed by atoms with Crippen LogP contribution in [-0.4, -0.2) is 37.2 Å². The minimum Gasteiger partial charge on any atom is -0.340 e. The van der Waals surface area contributed by atoms with Crippen LogP contribution in [0.5, 0.6) is 0 Å². The normalized spacial score (nSPS) is 11.0. The molecule has 0 radical (unpaired) electrons. The maximum absolute atomic E-state index is 12.4. The Morgan fingerprint density at radius 1 is 1.33 bits per heavy atom. The van der Waals surface area contributed by atoms with Crippen molar-refractivity contribution in [2.45, 2.75) is 13.1 Å². The number of nitrogens with zero attached hydrogens (tertiary/aromatic N) is 5. The molecule has 3 aromatic rings. The minimum absolute atomic E-state index is 0.0579. The molecule has 0 atom stereocenters. The monoisotopic (exact) mass is 389 g/mol. The van der Waals surface area contributed by atoms with E-state index in [0.29, 0.717) is 17.6 Å². The van der Waals surface area contributed by atoms with Gasteiger partial charge in [-0.1, -0.05) is 34.1 Å². The topological polar surface area (TPSA) is 73.0 Å². The second-order valence-electron chi connectivity index (χ2n) is 5.52. The molecule has 0 aliphatic carbocycles. The molecule has 7 nitrogen and oxygen atoms in total. The smallest absolute Gasteiger partial charge is 0.264 e. The first-order valence-corrected chi connectivity index (χ1v) is 8.11. The van der Waals surface area contributed by atoms with E-state index in [4.69, 9.17) is 0 Å². The van der Waals surface area contributed by atoms with Crippen LogP contribution in [0, 0.1) is 0 Å². The zero-order valence-corrected chi connectivity index (χ0v) is 14.9. The van der Waals surface area contributed by atoms with Crippen molar-refractivity contribution in [3.63, 3.8) is 0 Å². The highest BCUT2D eigenvalue weighted by Crippen LogP contribution is 2.17. The molecule has 0 bridgehead atoms. The van der Waals surface area contributed by atoms with Gasteiger partial charge in [-0.15, -0.1) is 0 Å². The average Bonchev–Trinajstić information content (AvgIpc) is 2.94. The molecule has 3 rings (SSSR count). The number of amides is 1. The predicted octanol–water partition coefficient (Wildman–Crippen LogP) is 1.55. The first-order chi connectivity index (χ1) is 11.5. The van der Waals surface area contributed by atoms with Crippen molar-refractivity contribution in [1.29, 1.82) is 0 Å². The Bertz CT molecular complexity index is 963. The molecule has 0 fully saturated rings. The number of carbonyl (C=O) groups is 1. The summed E-state index contributed by atoms with van der Waals surface area (Å²) in [6.45, 7) is 0.398. The Kier molecular flexibility index (Phi) is 4.48. The SMILES string of the molecule is CN(Cc1ccccc1Br)C(=O)Cn1cnc2c(cnn2C)c1=O. The number of fused-ring (bicyclic) bond motifs is 1. The van der Waals surface area contributed by atoms with E-state index in [1.54, 1.807) is 19.0 Å². The first kappa shape index (κ1) is 16.4. The van der Waals surface area contributed by atoms with Crippen molar-refractivity contribution < 1.29 is 4.79 Å². The predicted molar refractivity (Wildman–Crippen MR) is 93.4 cm³/mol. The molecule has 0 N–H and O–H groups in total. The second-order valence-corrected chi connectivity index (χ2v) is 6.38. The number of carbonyl (C=O) groups excluding carboxylic acids is 1. The summed E-state index contributed by atoms with van der Waals surface area (Å²) in [4.78, 5) is 30.6. The second kappa shape index (κ2) is 6.56. The van der Waals surface area contributed by atoms with E-state index in [0.717, 1.165) is 10.0 Å². The minimum atomic E-state index is -0.268. The Morgan fingerprint density at radius 2 is 2.08 bits per heavy atom. The Morgan fingerprint density at radius 3 is 2.83 bits per heavy atom. The fourth-order valence-electron chi connectivity index (χ4n) is 2.42. The summed E-state index contributed by atoms with van der Waals surface area (Å²) in [5.74, 6) is -0.169. The third-order valence-corrected chi connectivity index (χ3v) is 4.59. The van der Waals surface area contributed by atoms with Gasteiger partial charge in [0.15, 0.2) is 5.65 Å². The summed E-state index contributed by atoms with van der Waals surface area (Å²) in [7, 11) is 3.43. The van der Waals surface area contributed by atoms with Gasteiger partial charge in [-0.2, -0.15) is 5.10 Å². The third kappa shape index (κ3) is 3.09. The van der Waals surface area contributed by atoms with Gasteiger partial charge < -0.3 is 4.90 Å². The van der Waals surface area contributed by atoms with Gasteiger partial charge in [0.25, 0.3) is 5.56 Å². The van der Waals surface area contributed by atoms with Crippen LogP contribution in [0.1, 0.15) is 5.56 Å². The van der Waals surface area contributed by atoms with Crippen LogP contribution in [0.3, 0.4) is 0 Å². The highest BCUT2D eigenvalue weighted by molar-refractivity contribution is 9.10. The number of hydrogen-bond acceptors (Lipinski definition) is 4. The van der Waals surface area contributed by atoms with Gasteiger partial charge in [0.05, 0.1) is 6.20 Å². The van der Waals surface area contributed by atoms with E-state index in [-0.39, 0.29) is 18.0 Å². The van der Waals surface area contributed by atoms with Crippen molar-refractivity contribution in [3.8, 4) is 0 Å². The number of aromatic nitrogens is 4. The largest absolute Gasteiger partial charge is 0.340 e. The van der Waals surface area contributed by atoms with Gasteiger partial charge in [-0.05, 0) is 11.6 Å². The van der Waals surface area contributed by atoms with Crippen LogP contribution in [0.25, 0.3) is 11.0 Å². The quantitative estimate of drug-likeness (QED) is 0.678. The van der Waals surface area contributed by atoms with E-state index in [2.05, 4.69) is 26.0 Å². The number of hydrogen-bond donors (Lipinski definition) is 0. The molecule has 2 aromatic heterocycles. The number of aryl methyl sites for hydroxylation is 1. The lowest BCUT2D eigenvalue weighted by Crippen LogP contribution is -2.33. The third-order valence-electron chi connectivity index (χ3n) is 3.81. The van der Waals surface area contributed by atoms with Gasteiger partial charge >= 0.3 is 0 Å². The molecule has 0 unspecified atom stereocenters. The maximum Gasteiger partial charge on any atom is 0.264 e. The van der Waals surface area contributed by atoms with Gasteiger partial charge in [-0.25, -0.2) is 4.98 Å². The molecule has 124 valence electrons. The van der Waals surface area contributed by atoms with E-state index in [9.17, 15) is 9.59 Å². The van der Waals surface area contributed by atoms with Crippen LogP contribution >= 0.6 is 15.9 Å². The molecular formula is C16H16BrN5O2. The molecule has 0 saturated carbocycles. The molecule has 1 aromatic carbocycles. The van der Waals surface area contributed by atoms with E-state index >= 15 is 0 Å². The van der Waals surface area contributed by atoms with Crippen molar-refractivity contribution in [3.05, 3.63) is 57.2 Å². The lowest BCUT2D eigenvalue weighted by Gasteiger charge is -2.18. The van der Waals surface area contributed by atoms with Gasteiger partial charge in [0.1, 0.15) is 18.3 Å². The first-order valence-electron chi connectivity index (χ1n) is 7.32. The van der Waals surface area contributed by atoms with Crippen molar-refractivity contribution in [1.82, 2.24) is 24.2 Å². The van der Waals surface area contributed by atoms with Gasteiger partial charge in [0, 0.05) is 25.1 Å². The number of rotatable bonds is 4. The zero-order chi connectivity index (χ0) is 17.3. The van der Waals surface area contributed by atoms with Crippen LogP contribution in [-0.2, 0) is 24.9 Å². The summed E-state index contributed by atoms with van der Waals surface area (Å²) in [6.07, 6.45) is 2.85. The van der Waals surface area contributed by atoms with Crippen molar-refractivity contribution >= 4 is 32.9 Å². The summed E-state index contributed by atoms with van der Waals surface area (Å²) >= 11 is 3.47. The molecular weight excluding hydrogens is 374 g/mol. The summed E-state index contributed by atoms with van der Waals surface area (Å²) in [5.41, 5.74) is 1.24. The van der Waals surface area contributed by atoms with Gasteiger partial charge in [0.2, 0.25) is 5.91 Å². The number of likely N-dealkylation sites (N-methyl/N-ethyl adjacent to an activating group) is 1. The van der Waals surface area contributed by atoms with Gasteiger partial charge in [-0.3, -0.25) is 18.8 Å². The van der Waals surface area contributed by atoms with Crippen LogP contribution in [0.4, 0.5) is 0 Å². The van der Waals surface area contributed by atoms with E-state index in [1.807, 2.05) is 24.3 Å². The van der Waals surface area contributed by atoms with Crippen LogP contribution in [0.15, 0.2) is 46.1 Å². The fraction of sp³-hybridized carbons (Fsp3) is 0.250. The molecule has 0 saturated heterocycles. The molecule has 0 aliphatic rings. The van der Waals surface area contributed by atoms with E-state index in [1.165, 1.54) is 21.8 Å². The molecule has 2 heterocycles. The summed E-state index contributed by atoms with van der Waals surface area (Å²) in [5, 5.41) is 4.42. The standard InChI is InChI=1S/C16H16BrN5O2/c1-20(8-11-5-3-4-6-13(11)17)14(23)9-22-10-18-15-12(16(22)24)7-19-21(15)2/h3-7,10H,8-9H2,1-2H3. The van der Waals surface area contributed by atoms with Crippen molar-refractivity contribution in [2.75, 3.05) is 7.05 Å². The number of benzene rings is 1. The summed E-state index contributed by atoms with van der Waals surface area (Å²) in [6, 6.07) is 7.72. The Labute approximate surface area is 146 Å². The Hall–Kier alpha value is -2.48. The Balaban J connectivity index is 1.78. The van der Waals surface area contributed by atoms with Crippen LogP contribution < -0.4 is 5.56 Å². The van der Waals surface area contributed by atoms with Crippen molar-refractivity contribution in [2.24, 2.45) is 7.05 Å². The summed E-state index contributed by atoms with van der Waals surface area (Å²) < 4.78 is 3.78. The van der Waals surface area contributed by atoms with Crippen LogP contribution in [0.2, 0.25) is 0 Å². The molecule has 0 aliphatic heterocycles. The average molecular weight is 390 g/mol. The molecule has 24 heavy (non-hydrogen) atoms. The maximum atomic E-state index is 12.4. The molecule has 8 heteroatoms. The fourth-order valence-corrected chi connectivity index (χ4v) is 2.83. The molecule has 0 spiro atoms. The van der Waals surface area contributed by atoms with E-state index < -0.39 is 0 Å². The lowest BCUT2D eigenvalue weighted by molar-refractivity contribution is -0.131. The molecule has 1 amide bonds. The zero-order valence-electron chi connectivity index (χ0n) is 13.3. The lowest BCUT2D eigenvalue weighted by atomic mass is 10.2. The highest BCUT2D eigenvalue weighted by atomic mass is 79.9. The highest BCUT2D eigenvalue weighted by Gasteiger charge is 2.14.